The minimum atomic E-state index is 0.0791. The highest BCUT2D eigenvalue weighted by Crippen LogP contribution is 2.44. The minimum Gasteiger partial charge on any atom is -0.496 e. The average molecular weight is 491 g/mol. The highest BCUT2D eigenvalue weighted by atomic mass is 16.5. The zero-order valence-electron chi connectivity index (χ0n) is 21.0. The third-order valence-corrected chi connectivity index (χ3v) is 7.23. The van der Waals surface area contributed by atoms with Gasteiger partial charge in [0.15, 0.2) is 0 Å². The van der Waals surface area contributed by atoms with Crippen LogP contribution in [0.4, 0.5) is 11.5 Å². The van der Waals surface area contributed by atoms with Crippen LogP contribution in [0.15, 0.2) is 42.5 Å². The van der Waals surface area contributed by atoms with E-state index in [1.807, 2.05) is 47.4 Å². The molecule has 2 N–H and O–H groups in total. The smallest absolute Gasteiger partial charge is 0.225 e. The summed E-state index contributed by atoms with van der Waals surface area (Å²) in [6, 6.07) is 13.9. The van der Waals surface area contributed by atoms with Crippen LogP contribution in [0.3, 0.4) is 0 Å². The number of nitrogens with two attached hydrogens (primary N) is 1. The van der Waals surface area contributed by atoms with Crippen LogP contribution in [0.25, 0.3) is 22.0 Å². The molecule has 0 spiro atoms. The van der Waals surface area contributed by atoms with Gasteiger partial charge in [0.1, 0.15) is 22.8 Å². The van der Waals surface area contributed by atoms with E-state index in [0.717, 1.165) is 54.7 Å². The SMILES string of the molecule is COc1cc(OC)c2nc(N3CCCN(C(=O)C4CCOCC4)CC3)cc(N)c2c1-c1ccccc1. The highest BCUT2D eigenvalue weighted by molar-refractivity contribution is 6.08. The quantitative estimate of drug-likeness (QED) is 0.579. The fourth-order valence-corrected chi connectivity index (χ4v) is 5.31. The van der Waals surface area contributed by atoms with Crippen molar-refractivity contribution in [2.75, 3.05) is 64.2 Å². The van der Waals surface area contributed by atoms with Crippen LogP contribution in [0.1, 0.15) is 19.3 Å². The van der Waals surface area contributed by atoms with Crippen molar-refractivity contribution in [1.82, 2.24) is 9.88 Å². The molecule has 8 heteroatoms. The van der Waals surface area contributed by atoms with Gasteiger partial charge >= 0.3 is 0 Å². The van der Waals surface area contributed by atoms with Gasteiger partial charge in [-0.2, -0.15) is 0 Å². The molecular weight excluding hydrogens is 456 g/mol. The first-order chi connectivity index (χ1) is 17.6. The van der Waals surface area contributed by atoms with Crippen molar-refractivity contribution < 1.29 is 19.0 Å². The van der Waals surface area contributed by atoms with Crippen molar-refractivity contribution >= 4 is 28.3 Å². The first kappa shape index (κ1) is 24.2. The Bertz CT molecular complexity index is 1230. The zero-order valence-corrected chi connectivity index (χ0v) is 21.0. The molecule has 0 saturated carbocycles. The zero-order chi connectivity index (χ0) is 25.1. The van der Waals surface area contributed by atoms with Gasteiger partial charge in [-0.1, -0.05) is 30.3 Å². The molecule has 1 amide bonds. The molecule has 1 aromatic heterocycles. The van der Waals surface area contributed by atoms with Gasteiger partial charge in [0.2, 0.25) is 5.91 Å². The van der Waals surface area contributed by atoms with Gasteiger partial charge in [0.25, 0.3) is 0 Å². The summed E-state index contributed by atoms with van der Waals surface area (Å²) in [5, 5.41) is 0.812. The van der Waals surface area contributed by atoms with E-state index in [1.165, 1.54) is 0 Å². The highest BCUT2D eigenvalue weighted by Gasteiger charge is 2.28. The molecule has 0 atom stereocenters. The van der Waals surface area contributed by atoms with Gasteiger partial charge in [-0.15, -0.1) is 0 Å². The Labute approximate surface area is 211 Å². The average Bonchev–Trinajstić information content (AvgIpc) is 3.19. The summed E-state index contributed by atoms with van der Waals surface area (Å²) >= 11 is 0. The molecule has 3 heterocycles. The number of fused-ring (bicyclic) bond motifs is 1. The van der Waals surface area contributed by atoms with E-state index in [2.05, 4.69) is 4.90 Å². The Balaban J connectivity index is 1.48. The summed E-state index contributed by atoms with van der Waals surface area (Å²) in [5.74, 6) is 2.43. The van der Waals surface area contributed by atoms with Crippen molar-refractivity contribution in [3.63, 3.8) is 0 Å². The lowest BCUT2D eigenvalue weighted by molar-refractivity contribution is -0.138. The summed E-state index contributed by atoms with van der Waals surface area (Å²) in [7, 11) is 3.28. The Morgan fingerprint density at radius 3 is 2.47 bits per heavy atom. The molecule has 2 aliphatic heterocycles. The molecule has 8 nitrogen and oxygen atoms in total. The number of hydrogen-bond donors (Lipinski definition) is 1. The first-order valence-corrected chi connectivity index (χ1v) is 12.6. The number of aromatic nitrogens is 1. The number of nitrogen functional groups attached to an aromatic ring is 1. The number of ether oxygens (including phenoxy) is 3. The van der Waals surface area contributed by atoms with Crippen LogP contribution >= 0.6 is 0 Å². The van der Waals surface area contributed by atoms with Gasteiger partial charge in [-0.05, 0) is 24.8 Å². The second-order valence-corrected chi connectivity index (χ2v) is 9.37. The number of anilines is 2. The molecule has 190 valence electrons. The number of carbonyl (C=O) groups excluding carboxylic acids is 1. The van der Waals surface area contributed by atoms with Gasteiger partial charge in [-0.25, -0.2) is 4.98 Å². The fraction of sp³-hybridized carbons (Fsp3) is 0.429. The number of carbonyl (C=O) groups is 1. The van der Waals surface area contributed by atoms with E-state index in [9.17, 15) is 4.79 Å². The topological polar surface area (TPSA) is 90.2 Å². The summed E-state index contributed by atoms with van der Waals surface area (Å²) in [4.78, 5) is 22.4. The van der Waals surface area contributed by atoms with E-state index in [-0.39, 0.29) is 11.8 Å². The molecule has 0 unspecified atom stereocenters. The number of rotatable bonds is 5. The molecule has 3 aromatic rings. The number of methoxy groups -OCH3 is 2. The Morgan fingerprint density at radius 1 is 1.00 bits per heavy atom. The molecule has 0 radical (unpaired) electrons. The first-order valence-electron chi connectivity index (χ1n) is 12.6. The molecule has 2 fully saturated rings. The molecule has 2 aliphatic rings. The third-order valence-electron chi connectivity index (χ3n) is 7.23. The second kappa shape index (κ2) is 10.6. The largest absolute Gasteiger partial charge is 0.496 e. The lowest BCUT2D eigenvalue weighted by atomic mass is 9.97. The maximum absolute atomic E-state index is 13.1. The maximum atomic E-state index is 13.1. The Morgan fingerprint density at radius 2 is 1.75 bits per heavy atom. The monoisotopic (exact) mass is 490 g/mol. The number of amides is 1. The van der Waals surface area contributed by atoms with Crippen molar-refractivity contribution in [2.45, 2.75) is 19.3 Å². The lowest BCUT2D eigenvalue weighted by Crippen LogP contribution is -2.40. The standard InChI is InChI=1S/C28H34N4O4/c1-34-22-18-23(35-2)27-26(25(22)19-7-4-3-5-8-19)21(29)17-24(30-27)31-11-6-12-32(14-13-31)28(33)20-9-15-36-16-10-20/h3-5,7-8,17-18,20H,6,9-16H2,1-2H3,(H2,29,30). The van der Waals surface area contributed by atoms with Gasteiger partial charge < -0.3 is 29.7 Å². The van der Waals surface area contributed by atoms with E-state index < -0.39 is 0 Å². The van der Waals surface area contributed by atoms with E-state index in [4.69, 9.17) is 24.9 Å². The third kappa shape index (κ3) is 4.65. The second-order valence-electron chi connectivity index (χ2n) is 9.37. The molecule has 2 saturated heterocycles. The van der Waals surface area contributed by atoms with Gasteiger partial charge in [0.05, 0.1) is 14.2 Å². The van der Waals surface area contributed by atoms with Crippen molar-refractivity contribution in [1.29, 1.82) is 0 Å². The maximum Gasteiger partial charge on any atom is 0.225 e. The Kier molecular flexibility index (Phi) is 7.13. The van der Waals surface area contributed by atoms with Crippen LogP contribution < -0.4 is 20.1 Å². The molecular formula is C28H34N4O4. The number of benzene rings is 2. The predicted molar refractivity (Wildman–Crippen MR) is 142 cm³/mol. The summed E-state index contributed by atoms with van der Waals surface area (Å²) < 4.78 is 16.9. The minimum absolute atomic E-state index is 0.0791. The lowest BCUT2D eigenvalue weighted by Gasteiger charge is -2.28. The van der Waals surface area contributed by atoms with Crippen molar-refractivity contribution in [3.05, 3.63) is 42.5 Å². The van der Waals surface area contributed by atoms with Gasteiger partial charge in [0, 0.05) is 74.1 Å². The van der Waals surface area contributed by atoms with E-state index in [0.29, 0.717) is 49.0 Å². The van der Waals surface area contributed by atoms with Crippen LogP contribution in [-0.4, -0.2) is 69.4 Å². The van der Waals surface area contributed by atoms with Crippen LogP contribution in [0.2, 0.25) is 0 Å². The van der Waals surface area contributed by atoms with Crippen molar-refractivity contribution in [3.8, 4) is 22.6 Å². The van der Waals surface area contributed by atoms with Crippen molar-refractivity contribution in [2.24, 2.45) is 5.92 Å². The predicted octanol–water partition coefficient (Wildman–Crippen LogP) is 3.97. The molecule has 0 aliphatic carbocycles. The van der Waals surface area contributed by atoms with E-state index in [1.54, 1.807) is 14.2 Å². The molecule has 5 rings (SSSR count). The number of pyridine rings is 1. The van der Waals surface area contributed by atoms with Gasteiger partial charge in [-0.3, -0.25) is 4.79 Å². The molecule has 36 heavy (non-hydrogen) atoms. The fourth-order valence-electron chi connectivity index (χ4n) is 5.31. The van der Waals surface area contributed by atoms with Crippen LogP contribution in [0, 0.1) is 5.92 Å². The number of nitrogens with zero attached hydrogens (tertiary/aromatic N) is 3. The normalized spacial score (nSPS) is 17.2. The van der Waals surface area contributed by atoms with Crippen LogP contribution in [0.5, 0.6) is 11.5 Å². The number of hydrogen-bond acceptors (Lipinski definition) is 7. The summed E-state index contributed by atoms with van der Waals surface area (Å²) in [6.07, 6.45) is 2.51. The molecule has 0 bridgehead atoms. The van der Waals surface area contributed by atoms with Crippen LogP contribution in [-0.2, 0) is 9.53 Å². The summed E-state index contributed by atoms with van der Waals surface area (Å²) in [5.41, 5.74) is 9.92. The van der Waals surface area contributed by atoms with E-state index >= 15 is 0 Å². The Hall–Kier alpha value is -3.52. The molecule has 2 aromatic carbocycles. The summed E-state index contributed by atoms with van der Waals surface area (Å²) in [6.45, 7) is 4.29.